The molecule has 5 nitrogen and oxygen atoms in total. The Balaban J connectivity index is 1.67. The lowest BCUT2D eigenvalue weighted by atomic mass is 10.2. The quantitative estimate of drug-likeness (QED) is 0.618. The van der Waals surface area contributed by atoms with Gasteiger partial charge in [-0.15, -0.1) is 0 Å². The van der Waals surface area contributed by atoms with Crippen molar-refractivity contribution in [2.24, 2.45) is 0 Å². The highest BCUT2D eigenvalue weighted by atomic mass is 16.5. The van der Waals surface area contributed by atoms with Gasteiger partial charge in [-0.05, 0) is 18.1 Å². The predicted octanol–water partition coefficient (Wildman–Crippen LogP) is 3.60. The molecule has 1 amide bonds. The van der Waals surface area contributed by atoms with E-state index >= 15 is 0 Å². The molecule has 5 heteroatoms. The molecule has 0 saturated carbocycles. The van der Waals surface area contributed by atoms with Crippen LogP contribution in [0.25, 0.3) is 0 Å². The molecular weight excluding hydrogens is 318 g/mol. The molecule has 0 aliphatic carbocycles. The number of rotatable bonds is 7. The molecule has 0 fully saturated rings. The molecule has 130 valence electrons. The molecule has 25 heavy (non-hydrogen) atoms. The maximum Gasteiger partial charge on any atom is 0.407 e. The summed E-state index contributed by atoms with van der Waals surface area (Å²) in [7, 11) is 0. The average Bonchev–Trinajstić information content (AvgIpc) is 2.65. The Morgan fingerprint density at radius 3 is 2.00 bits per heavy atom. The lowest BCUT2D eigenvalue weighted by molar-refractivity contribution is -0.139. The maximum atomic E-state index is 11.7. The van der Waals surface area contributed by atoms with E-state index in [0.717, 1.165) is 11.1 Å². The van der Waals surface area contributed by atoms with Crippen LogP contribution < -0.4 is 5.32 Å². The Kier molecular flexibility index (Phi) is 7.25. The summed E-state index contributed by atoms with van der Waals surface area (Å²) < 4.78 is 10.2. The summed E-state index contributed by atoms with van der Waals surface area (Å²) in [6.45, 7) is 2.15. The Morgan fingerprint density at radius 2 is 1.44 bits per heavy atom. The van der Waals surface area contributed by atoms with Gasteiger partial charge in [-0.1, -0.05) is 66.7 Å². The van der Waals surface area contributed by atoms with Gasteiger partial charge < -0.3 is 14.8 Å². The molecule has 0 spiro atoms. The van der Waals surface area contributed by atoms with Crippen LogP contribution >= 0.6 is 0 Å². The van der Waals surface area contributed by atoms with Crippen LogP contribution in [0.4, 0.5) is 4.79 Å². The number of ether oxygens (including phenoxy) is 2. The van der Waals surface area contributed by atoms with Gasteiger partial charge in [0.15, 0.2) is 0 Å². The lowest BCUT2D eigenvalue weighted by Gasteiger charge is -2.10. The summed E-state index contributed by atoms with van der Waals surface area (Å²) >= 11 is 0. The number of hydrogen-bond donors (Lipinski definition) is 1. The van der Waals surface area contributed by atoms with Crippen LogP contribution in [-0.4, -0.2) is 18.1 Å². The Labute approximate surface area is 147 Å². The standard InChI is InChI=1S/C20H21NO4/c1-16(21-20(23)25-15-18-10-6-3-7-11-18)12-13-19(22)24-14-17-8-4-2-5-9-17/h2-13,16H,14-15H2,1H3,(H,21,23)/b13-12+/t16-/m0/s1. The molecule has 2 aromatic carbocycles. The summed E-state index contributed by atoms with van der Waals surface area (Å²) in [5.74, 6) is -0.463. The SMILES string of the molecule is C[C@@H](/C=C/C(=O)OCc1ccccc1)NC(=O)OCc1ccccc1. The fraction of sp³-hybridized carbons (Fsp3) is 0.200. The van der Waals surface area contributed by atoms with E-state index in [0.29, 0.717) is 0 Å². The van der Waals surface area contributed by atoms with E-state index in [-0.39, 0.29) is 19.3 Å². The van der Waals surface area contributed by atoms with Gasteiger partial charge in [0.2, 0.25) is 0 Å². The van der Waals surface area contributed by atoms with E-state index in [1.807, 2.05) is 60.7 Å². The molecule has 0 bridgehead atoms. The second-order valence-corrected chi connectivity index (χ2v) is 5.45. The number of carbonyl (C=O) groups is 2. The van der Waals surface area contributed by atoms with Gasteiger partial charge in [0.05, 0.1) is 0 Å². The zero-order valence-corrected chi connectivity index (χ0v) is 14.1. The summed E-state index contributed by atoms with van der Waals surface area (Å²) in [4.78, 5) is 23.4. The molecule has 1 atom stereocenters. The molecule has 0 aliphatic heterocycles. The van der Waals surface area contributed by atoms with Crippen LogP contribution in [0, 0.1) is 0 Å². The number of benzene rings is 2. The highest BCUT2D eigenvalue weighted by Crippen LogP contribution is 2.02. The zero-order chi connectivity index (χ0) is 17.9. The lowest BCUT2D eigenvalue weighted by Crippen LogP contribution is -2.31. The van der Waals surface area contributed by atoms with Crippen molar-refractivity contribution < 1.29 is 19.1 Å². The van der Waals surface area contributed by atoms with E-state index in [1.54, 1.807) is 13.0 Å². The van der Waals surface area contributed by atoms with Crippen molar-refractivity contribution in [3.63, 3.8) is 0 Å². The summed E-state index contributed by atoms with van der Waals surface area (Å²) in [6, 6.07) is 18.5. The van der Waals surface area contributed by atoms with Gasteiger partial charge in [-0.2, -0.15) is 0 Å². The van der Waals surface area contributed by atoms with Crippen LogP contribution in [-0.2, 0) is 27.5 Å². The predicted molar refractivity (Wildman–Crippen MR) is 94.6 cm³/mol. The molecule has 0 saturated heterocycles. The first-order valence-electron chi connectivity index (χ1n) is 7.99. The number of nitrogens with one attached hydrogen (secondary N) is 1. The van der Waals surface area contributed by atoms with Crippen LogP contribution in [0.2, 0.25) is 0 Å². The number of amides is 1. The Bertz CT molecular complexity index is 698. The fourth-order valence-corrected chi connectivity index (χ4v) is 2.00. The molecule has 0 radical (unpaired) electrons. The highest BCUT2D eigenvalue weighted by molar-refractivity contribution is 5.82. The first kappa shape index (κ1) is 18.3. The van der Waals surface area contributed by atoms with Crippen molar-refractivity contribution in [3.05, 3.63) is 83.9 Å². The number of esters is 1. The summed E-state index contributed by atoms with van der Waals surface area (Å²) in [5.41, 5.74) is 1.82. The van der Waals surface area contributed by atoms with Crippen molar-refractivity contribution in [2.45, 2.75) is 26.2 Å². The number of carbonyl (C=O) groups excluding carboxylic acids is 2. The van der Waals surface area contributed by atoms with Crippen LogP contribution in [0.1, 0.15) is 18.1 Å². The summed E-state index contributed by atoms with van der Waals surface area (Å²) in [5, 5.41) is 2.62. The minimum Gasteiger partial charge on any atom is -0.458 e. The molecular formula is C20H21NO4. The number of hydrogen-bond acceptors (Lipinski definition) is 4. The van der Waals surface area contributed by atoms with E-state index in [1.165, 1.54) is 6.08 Å². The Hall–Kier alpha value is -3.08. The Morgan fingerprint density at radius 1 is 0.920 bits per heavy atom. The van der Waals surface area contributed by atoms with Gasteiger partial charge in [-0.25, -0.2) is 9.59 Å². The zero-order valence-electron chi connectivity index (χ0n) is 14.1. The van der Waals surface area contributed by atoms with E-state index in [2.05, 4.69) is 5.32 Å². The van der Waals surface area contributed by atoms with Crippen molar-refractivity contribution in [3.8, 4) is 0 Å². The van der Waals surface area contributed by atoms with Crippen LogP contribution in [0.3, 0.4) is 0 Å². The largest absolute Gasteiger partial charge is 0.458 e. The molecule has 0 unspecified atom stereocenters. The smallest absolute Gasteiger partial charge is 0.407 e. The third-order valence-electron chi connectivity index (χ3n) is 3.30. The third kappa shape index (κ3) is 7.35. The van der Waals surface area contributed by atoms with Gasteiger partial charge >= 0.3 is 12.1 Å². The molecule has 0 aromatic heterocycles. The van der Waals surface area contributed by atoms with Gasteiger partial charge in [0.25, 0.3) is 0 Å². The van der Waals surface area contributed by atoms with Crippen molar-refractivity contribution in [1.82, 2.24) is 5.32 Å². The normalized spacial score (nSPS) is 11.7. The maximum absolute atomic E-state index is 11.7. The van der Waals surface area contributed by atoms with Gasteiger partial charge in [0.1, 0.15) is 13.2 Å². The second-order valence-electron chi connectivity index (χ2n) is 5.45. The molecule has 2 aromatic rings. The monoisotopic (exact) mass is 339 g/mol. The van der Waals surface area contributed by atoms with E-state index in [9.17, 15) is 9.59 Å². The fourth-order valence-electron chi connectivity index (χ4n) is 2.00. The first-order chi connectivity index (χ1) is 12.1. The highest BCUT2D eigenvalue weighted by Gasteiger charge is 2.07. The van der Waals surface area contributed by atoms with Crippen molar-refractivity contribution in [2.75, 3.05) is 0 Å². The van der Waals surface area contributed by atoms with Gasteiger partial charge in [0, 0.05) is 12.1 Å². The minimum absolute atomic E-state index is 0.197. The molecule has 0 aliphatic rings. The average molecular weight is 339 g/mol. The first-order valence-corrected chi connectivity index (χ1v) is 7.99. The minimum atomic E-state index is -0.543. The third-order valence-corrected chi connectivity index (χ3v) is 3.30. The number of alkyl carbamates (subject to hydrolysis) is 1. The van der Waals surface area contributed by atoms with E-state index in [4.69, 9.17) is 9.47 Å². The molecule has 2 rings (SSSR count). The van der Waals surface area contributed by atoms with Crippen LogP contribution in [0.15, 0.2) is 72.8 Å². The van der Waals surface area contributed by atoms with Gasteiger partial charge in [-0.3, -0.25) is 0 Å². The van der Waals surface area contributed by atoms with Crippen molar-refractivity contribution >= 4 is 12.1 Å². The second kappa shape index (κ2) is 9.93. The topological polar surface area (TPSA) is 64.6 Å². The van der Waals surface area contributed by atoms with Crippen molar-refractivity contribution in [1.29, 1.82) is 0 Å². The molecule has 0 heterocycles. The van der Waals surface area contributed by atoms with E-state index < -0.39 is 12.1 Å². The summed E-state index contributed by atoms with van der Waals surface area (Å²) in [6.07, 6.45) is 2.31. The molecule has 1 N–H and O–H groups in total. The van der Waals surface area contributed by atoms with Crippen LogP contribution in [0.5, 0.6) is 0 Å².